The van der Waals surface area contributed by atoms with Crippen LogP contribution in [0.25, 0.3) is 10.9 Å². The topological polar surface area (TPSA) is 81.3 Å². The van der Waals surface area contributed by atoms with Crippen molar-refractivity contribution in [1.29, 1.82) is 0 Å². The highest BCUT2D eigenvalue weighted by molar-refractivity contribution is 5.96. The summed E-state index contributed by atoms with van der Waals surface area (Å²) in [5, 5.41) is 9.25. The molecule has 6 nitrogen and oxygen atoms in total. The van der Waals surface area contributed by atoms with Crippen LogP contribution in [0, 0.1) is 0 Å². The minimum absolute atomic E-state index is 0.0653. The summed E-state index contributed by atoms with van der Waals surface area (Å²) in [6, 6.07) is 17.3. The van der Waals surface area contributed by atoms with Crippen LogP contribution in [0.1, 0.15) is 27.0 Å². The van der Waals surface area contributed by atoms with E-state index in [1.807, 2.05) is 0 Å². The molecular weight excluding hydrogens is 449 g/mol. The summed E-state index contributed by atoms with van der Waals surface area (Å²) >= 11 is 0. The Morgan fingerprint density at radius 2 is 1.50 bits per heavy atom. The number of carbonyl (C=O) groups excluding carboxylic acids is 1. The van der Waals surface area contributed by atoms with Gasteiger partial charge in [-0.25, -0.2) is 4.79 Å². The molecule has 1 heterocycles. The Hall–Kier alpha value is -3.98. The van der Waals surface area contributed by atoms with Crippen molar-refractivity contribution >= 4 is 16.7 Å². The third-order valence-electron chi connectivity index (χ3n) is 5.49. The second-order valence-electron chi connectivity index (χ2n) is 7.75. The molecule has 0 saturated carbocycles. The van der Waals surface area contributed by atoms with Gasteiger partial charge in [0.2, 0.25) is 0 Å². The third-order valence-corrected chi connectivity index (χ3v) is 5.49. The number of hydrogen-bond acceptors (Lipinski definition) is 4. The fourth-order valence-corrected chi connectivity index (χ4v) is 3.76. The minimum atomic E-state index is -4.55. The van der Waals surface area contributed by atoms with E-state index in [2.05, 4.69) is 0 Å². The van der Waals surface area contributed by atoms with E-state index in [4.69, 9.17) is 5.11 Å². The van der Waals surface area contributed by atoms with E-state index < -0.39 is 35.4 Å². The van der Waals surface area contributed by atoms with Gasteiger partial charge in [0, 0.05) is 5.56 Å². The van der Waals surface area contributed by atoms with Gasteiger partial charge in [-0.2, -0.15) is 13.2 Å². The summed E-state index contributed by atoms with van der Waals surface area (Å²) in [6.07, 6.45) is -4.55. The quantitative estimate of drug-likeness (QED) is 0.440. The van der Waals surface area contributed by atoms with Gasteiger partial charge in [-0.1, -0.05) is 48.5 Å². The lowest BCUT2D eigenvalue weighted by Crippen LogP contribution is -2.40. The number of carbonyl (C=O) groups is 1. The number of Topliss-reactive ketones (excluding diaryl/α,β-unsaturated/α-hetero) is 1. The molecule has 0 bridgehead atoms. The largest absolute Gasteiger partial charge is 0.416 e. The van der Waals surface area contributed by atoms with Crippen LogP contribution in [0.3, 0.4) is 0 Å². The van der Waals surface area contributed by atoms with Crippen molar-refractivity contribution in [2.75, 3.05) is 6.61 Å². The fraction of sp³-hybridized carbons (Fsp3) is 0.160. The van der Waals surface area contributed by atoms with Crippen molar-refractivity contribution in [3.63, 3.8) is 0 Å². The number of alkyl halides is 3. The molecule has 1 aromatic heterocycles. The molecule has 4 aromatic rings. The molecule has 3 aromatic carbocycles. The minimum Gasteiger partial charge on any atom is -0.388 e. The number of aliphatic hydroxyl groups is 1. The number of halogens is 3. The predicted octanol–water partition coefficient (Wildman–Crippen LogP) is 3.45. The Labute approximate surface area is 191 Å². The Morgan fingerprint density at radius 3 is 2.18 bits per heavy atom. The van der Waals surface area contributed by atoms with Crippen LogP contribution in [0.4, 0.5) is 13.2 Å². The van der Waals surface area contributed by atoms with E-state index >= 15 is 0 Å². The molecule has 9 heteroatoms. The average molecular weight is 468 g/mol. The monoisotopic (exact) mass is 468 g/mol. The van der Waals surface area contributed by atoms with Crippen molar-refractivity contribution in [3.8, 4) is 0 Å². The molecule has 0 aliphatic carbocycles. The molecule has 1 N–H and O–H groups in total. The molecule has 0 unspecified atom stereocenters. The second-order valence-corrected chi connectivity index (χ2v) is 7.75. The molecule has 0 aliphatic heterocycles. The number of hydrogen-bond donors (Lipinski definition) is 1. The molecule has 0 amide bonds. The van der Waals surface area contributed by atoms with E-state index in [1.165, 1.54) is 28.8 Å². The van der Waals surface area contributed by atoms with E-state index in [9.17, 15) is 27.6 Å². The number of nitrogens with zero attached hydrogens (tertiary/aromatic N) is 2. The van der Waals surface area contributed by atoms with Gasteiger partial charge in [-0.15, -0.1) is 0 Å². The Morgan fingerprint density at radius 1 is 0.824 bits per heavy atom. The van der Waals surface area contributed by atoms with Crippen molar-refractivity contribution < 1.29 is 23.1 Å². The summed E-state index contributed by atoms with van der Waals surface area (Å²) in [7, 11) is 0. The molecule has 34 heavy (non-hydrogen) atoms. The lowest BCUT2D eigenvalue weighted by Gasteiger charge is -2.15. The van der Waals surface area contributed by atoms with Gasteiger partial charge in [0.05, 0.1) is 29.6 Å². The van der Waals surface area contributed by atoms with Gasteiger partial charge >= 0.3 is 11.9 Å². The van der Waals surface area contributed by atoms with Crippen LogP contribution in [0.2, 0.25) is 0 Å². The molecule has 0 saturated heterocycles. The summed E-state index contributed by atoms with van der Waals surface area (Å²) in [4.78, 5) is 38.0. The van der Waals surface area contributed by atoms with Crippen molar-refractivity contribution in [1.82, 2.24) is 9.13 Å². The Balaban J connectivity index is 1.80. The number of aliphatic hydroxyl groups excluding tert-OH is 1. The van der Waals surface area contributed by atoms with Crippen LogP contribution >= 0.6 is 0 Å². The molecule has 174 valence electrons. The summed E-state index contributed by atoms with van der Waals surface area (Å²) < 4.78 is 41.6. The maximum atomic E-state index is 13.3. The zero-order valence-electron chi connectivity index (χ0n) is 17.7. The molecular formula is C25H19F3N2O4. The summed E-state index contributed by atoms with van der Waals surface area (Å²) in [5.74, 6) is -0.441. The zero-order chi connectivity index (χ0) is 24.5. The number of ketones is 1. The van der Waals surface area contributed by atoms with E-state index in [0.717, 1.165) is 16.7 Å². The third kappa shape index (κ3) is 4.55. The average Bonchev–Trinajstić information content (AvgIpc) is 2.84. The number of aromatic nitrogens is 2. The highest BCUT2D eigenvalue weighted by atomic mass is 19.4. The van der Waals surface area contributed by atoms with Crippen LogP contribution in [-0.2, 0) is 19.3 Å². The second kappa shape index (κ2) is 9.11. The van der Waals surface area contributed by atoms with Gasteiger partial charge in [0.25, 0.3) is 5.56 Å². The first-order chi connectivity index (χ1) is 16.2. The first kappa shape index (κ1) is 23.2. The molecule has 0 fully saturated rings. The molecule has 0 spiro atoms. The van der Waals surface area contributed by atoms with Crippen LogP contribution < -0.4 is 11.2 Å². The van der Waals surface area contributed by atoms with Gasteiger partial charge in [0.1, 0.15) is 6.61 Å². The normalized spacial score (nSPS) is 11.6. The molecule has 0 aliphatic rings. The first-order valence-electron chi connectivity index (χ1n) is 10.3. The Kier molecular flexibility index (Phi) is 6.21. The van der Waals surface area contributed by atoms with Crippen LogP contribution in [-0.4, -0.2) is 26.6 Å². The van der Waals surface area contributed by atoms with Crippen LogP contribution in [0.15, 0.2) is 82.4 Å². The van der Waals surface area contributed by atoms with Gasteiger partial charge in [0.15, 0.2) is 5.78 Å². The standard InChI is InChI=1S/C25H19F3N2O4/c26-25(27,28)19-5-3-4-17(12-19)14-30-23(33)20-6-1-2-7-21(20)29(24(30)34)13-16-8-10-18(11-9-16)22(32)15-31/h1-12,31H,13-15H2. The molecule has 4 rings (SSSR count). The fourth-order valence-electron chi connectivity index (χ4n) is 3.76. The SMILES string of the molecule is O=C(CO)c1ccc(Cn2c(=O)n(Cc3cccc(C(F)(F)F)c3)c(=O)c3ccccc32)cc1. The van der Waals surface area contributed by atoms with Gasteiger partial charge in [-0.3, -0.25) is 18.7 Å². The summed E-state index contributed by atoms with van der Waals surface area (Å²) in [6.45, 7) is -0.879. The summed E-state index contributed by atoms with van der Waals surface area (Å²) in [5.41, 5.74) is -0.605. The van der Waals surface area contributed by atoms with E-state index in [-0.39, 0.29) is 24.0 Å². The van der Waals surface area contributed by atoms with Crippen molar-refractivity contribution in [2.24, 2.45) is 0 Å². The van der Waals surface area contributed by atoms with Crippen LogP contribution in [0.5, 0.6) is 0 Å². The first-order valence-corrected chi connectivity index (χ1v) is 10.3. The van der Waals surface area contributed by atoms with Crippen molar-refractivity contribution in [3.05, 3.63) is 116 Å². The number of rotatable bonds is 6. The van der Waals surface area contributed by atoms with Crippen molar-refractivity contribution in [2.45, 2.75) is 19.3 Å². The van der Waals surface area contributed by atoms with E-state index in [0.29, 0.717) is 16.6 Å². The van der Waals surface area contributed by atoms with Gasteiger partial charge < -0.3 is 5.11 Å². The van der Waals surface area contributed by atoms with Gasteiger partial charge in [-0.05, 0) is 35.4 Å². The molecule has 0 radical (unpaired) electrons. The Bertz CT molecular complexity index is 1490. The van der Waals surface area contributed by atoms with E-state index in [1.54, 1.807) is 36.4 Å². The lowest BCUT2D eigenvalue weighted by atomic mass is 10.1. The smallest absolute Gasteiger partial charge is 0.388 e. The lowest BCUT2D eigenvalue weighted by molar-refractivity contribution is -0.137. The molecule has 0 atom stereocenters. The number of benzene rings is 3. The maximum Gasteiger partial charge on any atom is 0.416 e. The highest BCUT2D eigenvalue weighted by Gasteiger charge is 2.30. The zero-order valence-corrected chi connectivity index (χ0v) is 17.7. The predicted molar refractivity (Wildman–Crippen MR) is 120 cm³/mol. The maximum absolute atomic E-state index is 13.3. The number of para-hydroxylation sites is 1. The number of fused-ring (bicyclic) bond motifs is 1. The highest BCUT2D eigenvalue weighted by Crippen LogP contribution is 2.29.